The molecular formula is C89H124N22O19S. The number of fused-ring (bicyclic) bond motifs is 4. The number of thioether (sulfide) groups is 1. The zero-order chi connectivity index (χ0) is 95.6. The average molecular weight is 1840 g/mol. The van der Waals surface area contributed by atoms with Crippen molar-refractivity contribution < 1.29 is 91.7 Å². The van der Waals surface area contributed by atoms with E-state index >= 15 is 33.6 Å². The molecule has 0 saturated carbocycles. The molecule has 3 aliphatic rings. The van der Waals surface area contributed by atoms with Gasteiger partial charge in [0.05, 0.1) is 31.1 Å². The van der Waals surface area contributed by atoms with Crippen LogP contribution in [-0.4, -0.2) is 305 Å². The number of phenolic OH excluding ortho intramolecular Hbond substituents is 1. The van der Waals surface area contributed by atoms with Crippen LogP contribution in [0.5, 0.6) is 5.75 Å². The number of likely N-dealkylation sites (N-methyl/N-ethyl adjacent to an activating group) is 3. The number of carbonyl (C=O) groups is 17. The molecule has 3 aliphatic heterocycles. The fourth-order valence-electron chi connectivity index (χ4n) is 16.4. The number of benzene rings is 3. The van der Waals surface area contributed by atoms with Crippen LogP contribution in [0.25, 0.3) is 21.8 Å². The molecule has 41 nitrogen and oxygen atoms in total. The van der Waals surface area contributed by atoms with E-state index in [-0.39, 0.29) is 95.4 Å². The van der Waals surface area contributed by atoms with Gasteiger partial charge in [-0.3, -0.25) is 81.5 Å². The first-order valence-corrected chi connectivity index (χ1v) is 45.3. The average Bonchev–Trinajstić information content (AvgIpc) is 1.66. The number of nitrogens with zero attached hydrogens (tertiary/aromatic N) is 6. The van der Waals surface area contributed by atoms with E-state index in [0.29, 0.717) is 69.9 Å². The SMILES string of the molecule is CCCC[C@H]1C(=O)N(C)[C@@H](CCCC)C(=O)N[C@@H](C)C(=O)N[C@H](C(=O)NCC(N)=O)CSCC(=O)N[C@@H](Cc2ccc(O)cc2)C(=O)N(C)[C@@H](C)C(=O)N[C@@H](CC(N)=O)C(=O)N2CCC[C@H]2C(=O)N[C@@H](Cc2cnc[nH]2)C(=O)N[C@@H](CC(C)C)C(=O)N2C[C@H](O)C[C@H]2C(=O)N[C@@H](Cc2c[nH]c3ccccc23)C(=O)N[C@@H](CCN)C(=O)N[C@@H](Cc2c[nH]c3ccccc23)C(=O)N1C. The number of hydrogen-bond donors (Lipinski definition) is 18. The number of amides is 17. The molecule has 3 aromatic carbocycles. The van der Waals surface area contributed by atoms with E-state index in [9.17, 15) is 58.2 Å². The van der Waals surface area contributed by atoms with Gasteiger partial charge in [0, 0.05) is 118 Å². The molecule has 21 N–H and O–H groups in total. The molecule has 0 radical (unpaired) electrons. The van der Waals surface area contributed by atoms with E-state index in [1.807, 2.05) is 26.0 Å². The monoisotopic (exact) mass is 1840 g/mol. The Bertz CT molecular complexity index is 5070. The largest absolute Gasteiger partial charge is 0.508 e. The normalized spacial score (nSPS) is 25.2. The Kier molecular flexibility index (Phi) is 37.3. The highest BCUT2D eigenvalue weighted by atomic mass is 32.2. The highest BCUT2D eigenvalue weighted by molar-refractivity contribution is 8.00. The van der Waals surface area contributed by atoms with Crippen LogP contribution in [-0.2, 0) is 107 Å². The van der Waals surface area contributed by atoms with Gasteiger partial charge >= 0.3 is 0 Å². The van der Waals surface area contributed by atoms with E-state index in [1.165, 1.54) is 81.6 Å². The number of nitrogens with two attached hydrogens (primary N) is 3. The lowest BCUT2D eigenvalue weighted by molar-refractivity contribution is -0.149. The van der Waals surface area contributed by atoms with Gasteiger partial charge in [-0.15, -0.1) is 11.8 Å². The molecule has 131 heavy (non-hydrogen) atoms. The van der Waals surface area contributed by atoms with E-state index < -0.39 is 222 Å². The molecule has 0 unspecified atom stereocenters. The number of aliphatic hydroxyl groups excluding tert-OH is 1. The molecule has 3 fully saturated rings. The number of primary amides is 2. The third-order valence-electron chi connectivity index (χ3n) is 23.7. The van der Waals surface area contributed by atoms with Gasteiger partial charge < -0.3 is 120 Å². The number of carbonyl (C=O) groups excluding carboxylic acids is 17. The lowest BCUT2D eigenvalue weighted by Crippen LogP contribution is -2.61. The number of phenols is 1. The minimum absolute atomic E-state index is 0.00366. The molecular weight excluding hydrogens is 1710 g/mol. The summed E-state index contributed by atoms with van der Waals surface area (Å²) >= 11 is 0.789. The van der Waals surface area contributed by atoms with Crippen molar-refractivity contribution in [3.63, 3.8) is 0 Å². The number of imidazole rings is 1. The standard InChI is InChI=1S/C89H124N22O19S/c1-10-12-23-69-82(123)98-49(5)76(117)106-68(78(119)96-43-74(92)115)45-131-46-75(116)99-65(34-51-26-28-55(112)29-27-51)85(126)107(7)50(6)77(118)103-67(39-73(91)114)87(128)110-32-18-25-70(110)83(124)102-63(37-54-42-93-47-97-54)81(122)104-64(33-48(3)4)88(129)111-44-56(113)38-72(111)84(125)101-62(35-52-40-94-59-21-16-14-19-57(52)59)80(121)100-61(30-31-90)79(120)105-66(36-53-41-95-60-22-17-15-20-58(53)60)86(127)109(9)71(24-13-11-2)89(130)108(69)8/h14-17,19-22,26-29,40-42,47-50,56,61-72,94-95,112-113H,10-13,18,23-25,30-39,43-46,90H2,1-9H3,(H2,91,114)(H2,92,115)(H,93,97)(H,96,119)(H,98,123)(H,99,116)(H,100,121)(H,101,125)(H,102,124)(H,103,118)(H,104,122)(H,105,120)(H,106,117)/t49-,50-,56+,61-,62-,63-,64-,65-,66-,67-,68-,69-,70-,71-,72-/m0/s1. The number of aromatic hydroxyl groups is 1. The Labute approximate surface area is 762 Å². The number of hydrogen-bond acceptors (Lipinski definition) is 22. The van der Waals surface area contributed by atoms with E-state index in [2.05, 4.69) is 73.1 Å². The summed E-state index contributed by atoms with van der Waals surface area (Å²) in [5, 5.41) is 49.7. The number of nitrogens with one attached hydrogen (secondary N) is 13. The second-order valence-electron chi connectivity index (χ2n) is 34.1. The number of aromatic amines is 3. The first-order valence-electron chi connectivity index (χ1n) is 44.2. The van der Waals surface area contributed by atoms with Crippen molar-refractivity contribution in [1.82, 2.24) is 97.6 Å². The maximum atomic E-state index is 15.7. The number of aliphatic hydroxyl groups is 1. The van der Waals surface area contributed by atoms with Gasteiger partial charge in [-0.2, -0.15) is 0 Å². The maximum absolute atomic E-state index is 15.7. The summed E-state index contributed by atoms with van der Waals surface area (Å²) in [4.78, 5) is 268. The number of para-hydroxylation sites is 2. The topological polar surface area (TPSA) is 605 Å². The minimum atomic E-state index is -1.76. The van der Waals surface area contributed by atoms with Crippen molar-refractivity contribution in [3.05, 3.63) is 120 Å². The van der Waals surface area contributed by atoms with Gasteiger partial charge in [-0.25, -0.2) is 4.98 Å². The fourth-order valence-corrected chi connectivity index (χ4v) is 17.2. The molecule has 6 heterocycles. The summed E-state index contributed by atoms with van der Waals surface area (Å²) in [7, 11) is 3.99. The second-order valence-corrected chi connectivity index (χ2v) is 35.1. The molecule has 42 heteroatoms. The third-order valence-corrected chi connectivity index (χ3v) is 24.8. The third kappa shape index (κ3) is 27.8. The number of rotatable bonds is 23. The van der Waals surface area contributed by atoms with Gasteiger partial charge in [-0.1, -0.05) is 102 Å². The second kappa shape index (κ2) is 48.1. The summed E-state index contributed by atoms with van der Waals surface area (Å²) in [6.45, 7) is 8.39. The quantitative estimate of drug-likeness (QED) is 0.0336. The first kappa shape index (κ1) is 102. The summed E-state index contributed by atoms with van der Waals surface area (Å²) in [6.07, 6.45) is 4.30. The lowest BCUT2D eigenvalue weighted by Gasteiger charge is -2.36. The van der Waals surface area contributed by atoms with Crippen molar-refractivity contribution in [2.75, 3.05) is 58.8 Å². The Balaban J connectivity index is 1.08. The molecule has 710 valence electrons. The van der Waals surface area contributed by atoms with Crippen LogP contribution in [0, 0.1) is 5.92 Å². The lowest BCUT2D eigenvalue weighted by atomic mass is 9.99. The summed E-state index contributed by atoms with van der Waals surface area (Å²) in [6, 6.07) is -0.942. The van der Waals surface area contributed by atoms with Crippen LogP contribution in [0.3, 0.4) is 0 Å². The zero-order valence-electron chi connectivity index (χ0n) is 75.2. The molecule has 0 bridgehead atoms. The molecule has 6 aromatic rings. The Morgan fingerprint density at radius 2 is 1.09 bits per heavy atom. The van der Waals surface area contributed by atoms with Crippen molar-refractivity contribution in [3.8, 4) is 5.75 Å². The van der Waals surface area contributed by atoms with E-state index in [1.54, 1.807) is 62.6 Å². The predicted octanol–water partition coefficient (Wildman–Crippen LogP) is -1.82. The van der Waals surface area contributed by atoms with Gasteiger partial charge in [0.15, 0.2) is 0 Å². The van der Waals surface area contributed by atoms with Gasteiger partial charge in [0.1, 0.15) is 90.3 Å². The molecule has 3 saturated heterocycles. The van der Waals surface area contributed by atoms with Crippen LogP contribution in [0.4, 0.5) is 0 Å². The van der Waals surface area contributed by atoms with E-state index in [0.717, 1.165) is 26.5 Å². The number of unbranched alkanes of at least 4 members (excludes halogenated alkanes) is 2. The van der Waals surface area contributed by atoms with Crippen molar-refractivity contribution in [2.24, 2.45) is 23.1 Å². The van der Waals surface area contributed by atoms with Crippen LogP contribution in [0.15, 0.2) is 97.7 Å². The highest BCUT2D eigenvalue weighted by Crippen LogP contribution is 2.28. The van der Waals surface area contributed by atoms with Crippen molar-refractivity contribution >= 4 is 134 Å². The molecule has 15 atom stereocenters. The van der Waals surface area contributed by atoms with Crippen molar-refractivity contribution in [2.45, 2.75) is 235 Å². The zero-order valence-corrected chi connectivity index (χ0v) is 76.0. The van der Waals surface area contributed by atoms with E-state index in [4.69, 9.17) is 17.2 Å². The summed E-state index contributed by atoms with van der Waals surface area (Å²) in [5.74, 6) is -16.7. The minimum Gasteiger partial charge on any atom is -0.508 e. The van der Waals surface area contributed by atoms with Crippen LogP contribution < -0.4 is 70.4 Å². The molecule has 9 rings (SSSR count). The maximum Gasteiger partial charge on any atom is 0.246 e. The first-order chi connectivity index (χ1) is 62.4. The molecule has 17 amide bonds. The Morgan fingerprint density at radius 1 is 0.550 bits per heavy atom. The van der Waals surface area contributed by atoms with Crippen LogP contribution in [0.1, 0.15) is 141 Å². The fraction of sp³-hybridized carbons (Fsp3) is 0.528. The number of aromatic nitrogens is 4. The predicted molar refractivity (Wildman–Crippen MR) is 483 cm³/mol. The van der Waals surface area contributed by atoms with Gasteiger partial charge in [-0.05, 0) is 106 Å². The van der Waals surface area contributed by atoms with Crippen LogP contribution >= 0.6 is 11.8 Å². The summed E-state index contributed by atoms with van der Waals surface area (Å²) in [5.41, 5.74) is 20.5. The Hall–Kier alpha value is -13.0. The smallest absolute Gasteiger partial charge is 0.246 e. The van der Waals surface area contributed by atoms with Gasteiger partial charge in [0.2, 0.25) is 100 Å². The van der Waals surface area contributed by atoms with Crippen molar-refractivity contribution in [1.29, 1.82) is 0 Å². The molecule has 0 aliphatic carbocycles. The Morgan fingerprint density at radius 3 is 1.69 bits per heavy atom. The summed E-state index contributed by atoms with van der Waals surface area (Å²) < 4.78 is 0. The van der Waals surface area contributed by atoms with Crippen LogP contribution in [0.2, 0.25) is 0 Å². The number of H-pyrrole nitrogens is 3. The molecule has 3 aromatic heterocycles. The highest BCUT2D eigenvalue weighted by Gasteiger charge is 2.47. The van der Waals surface area contributed by atoms with Gasteiger partial charge in [0.25, 0.3) is 0 Å². The molecule has 0 spiro atoms.